The van der Waals surface area contributed by atoms with Gasteiger partial charge in [-0.05, 0) is 51.6 Å². The van der Waals surface area contributed by atoms with Crippen LogP contribution in [0, 0.1) is 0 Å². The normalized spacial score (nSPS) is 17.2. The zero-order valence-corrected chi connectivity index (χ0v) is 26.3. The summed E-state index contributed by atoms with van der Waals surface area (Å²) in [5, 5.41) is 10.5. The van der Waals surface area contributed by atoms with Gasteiger partial charge >= 0.3 is 0 Å². The van der Waals surface area contributed by atoms with Crippen LogP contribution in [0.5, 0.6) is 0 Å². The fraction of sp³-hybridized carbons (Fsp3) is 0.0667. The summed E-state index contributed by atoms with van der Waals surface area (Å²) < 4.78 is 2.61. The minimum absolute atomic E-state index is 0.0254. The molecule has 2 heterocycles. The van der Waals surface area contributed by atoms with Gasteiger partial charge in [0.2, 0.25) is 0 Å². The lowest BCUT2D eigenvalue weighted by Crippen LogP contribution is -2.35. The molecule has 3 heteroatoms. The first-order valence-corrected chi connectivity index (χ1v) is 16.8. The van der Waals surface area contributed by atoms with E-state index < -0.39 is 5.41 Å². The minimum Gasteiger partial charge on any atom is -0.373 e. The summed E-state index contributed by atoms with van der Waals surface area (Å²) in [7, 11) is 0. The van der Waals surface area contributed by atoms with Gasteiger partial charge in [-0.25, -0.2) is 0 Å². The quantitative estimate of drug-likeness (QED) is 0.206. The first kappa shape index (κ1) is 27.1. The van der Waals surface area contributed by atoms with E-state index in [9.17, 15) is 0 Å². The van der Waals surface area contributed by atoms with Gasteiger partial charge in [0.25, 0.3) is 0 Å². The second-order valence-corrected chi connectivity index (χ2v) is 13.0. The third-order valence-corrected chi connectivity index (χ3v) is 10.6. The van der Waals surface area contributed by atoms with Crippen molar-refractivity contribution < 1.29 is 0 Å². The Labute approximate surface area is 280 Å². The Balaban J connectivity index is 1.38. The van der Waals surface area contributed by atoms with Crippen LogP contribution in [0.3, 0.4) is 0 Å². The molecule has 0 saturated carbocycles. The molecule has 0 spiro atoms. The second-order valence-electron chi connectivity index (χ2n) is 13.0. The number of fused-ring (bicyclic) bond motifs is 8. The molecule has 228 valence electrons. The monoisotopic (exact) mass is 615 g/mol. The van der Waals surface area contributed by atoms with Crippen molar-refractivity contribution in [1.29, 1.82) is 0 Å². The number of hydrogen-bond donors (Lipinski definition) is 2. The fourth-order valence-corrected chi connectivity index (χ4v) is 8.67. The molecule has 1 aliphatic carbocycles. The van der Waals surface area contributed by atoms with Crippen molar-refractivity contribution in [2.24, 2.45) is 0 Å². The third-order valence-electron chi connectivity index (χ3n) is 10.6. The maximum atomic E-state index is 4.05. The number of rotatable bonds is 4. The molecular formula is C45H33N3. The highest BCUT2D eigenvalue weighted by Gasteiger charge is 2.48. The SMILES string of the molecule is c1ccc(C2Nc3ccccc3NC2n2c3ccccc3c3ccc4c(c32)C(c2ccccc2)(c2ccccc2)c2ccccc2-4)cc1. The molecule has 2 N–H and O–H groups in total. The van der Waals surface area contributed by atoms with Gasteiger partial charge in [0.05, 0.1) is 33.9 Å². The summed E-state index contributed by atoms with van der Waals surface area (Å²) in [6, 6.07) is 64.4. The summed E-state index contributed by atoms with van der Waals surface area (Å²) in [6.07, 6.45) is -0.121. The molecular weight excluding hydrogens is 583 g/mol. The number of nitrogens with one attached hydrogen (secondary N) is 2. The summed E-state index contributed by atoms with van der Waals surface area (Å²) in [6.45, 7) is 0. The topological polar surface area (TPSA) is 29.0 Å². The summed E-state index contributed by atoms with van der Waals surface area (Å²) in [5.74, 6) is 0. The summed E-state index contributed by atoms with van der Waals surface area (Å²) >= 11 is 0. The molecule has 0 fully saturated rings. The predicted molar refractivity (Wildman–Crippen MR) is 199 cm³/mol. The lowest BCUT2D eigenvalue weighted by molar-refractivity contribution is 0.504. The molecule has 3 nitrogen and oxygen atoms in total. The van der Waals surface area contributed by atoms with E-state index in [1.165, 1.54) is 60.8 Å². The smallest absolute Gasteiger partial charge is 0.129 e. The molecule has 0 radical (unpaired) electrons. The van der Waals surface area contributed by atoms with E-state index in [2.05, 4.69) is 191 Å². The minimum atomic E-state index is -0.525. The highest BCUT2D eigenvalue weighted by molar-refractivity contribution is 6.13. The highest BCUT2D eigenvalue weighted by atomic mass is 15.3. The van der Waals surface area contributed by atoms with Crippen LogP contribution in [0.25, 0.3) is 32.9 Å². The molecule has 1 aliphatic heterocycles. The molecule has 0 amide bonds. The van der Waals surface area contributed by atoms with Gasteiger partial charge in [-0.15, -0.1) is 0 Å². The Bertz CT molecular complexity index is 2420. The molecule has 0 saturated heterocycles. The van der Waals surface area contributed by atoms with Gasteiger partial charge in [0.15, 0.2) is 0 Å². The molecule has 2 atom stereocenters. The van der Waals surface area contributed by atoms with E-state index >= 15 is 0 Å². The third kappa shape index (κ3) is 3.70. The van der Waals surface area contributed by atoms with Crippen LogP contribution in [0.1, 0.15) is 40.0 Å². The van der Waals surface area contributed by atoms with E-state index in [4.69, 9.17) is 0 Å². The zero-order valence-electron chi connectivity index (χ0n) is 26.3. The number of nitrogens with zero attached hydrogens (tertiary/aromatic N) is 1. The van der Waals surface area contributed by atoms with E-state index in [1.807, 2.05) is 0 Å². The Morgan fingerprint density at radius 3 is 1.77 bits per heavy atom. The van der Waals surface area contributed by atoms with Crippen molar-refractivity contribution in [3.05, 3.63) is 204 Å². The zero-order chi connectivity index (χ0) is 31.7. The van der Waals surface area contributed by atoms with Crippen molar-refractivity contribution in [3.8, 4) is 11.1 Å². The van der Waals surface area contributed by atoms with Crippen LogP contribution >= 0.6 is 0 Å². The Kier molecular flexibility index (Phi) is 5.91. The van der Waals surface area contributed by atoms with E-state index in [-0.39, 0.29) is 12.2 Å². The van der Waals surface area contributed by atoms with Gasteiger partial charge in [0, 0.05) is 16.3 Å². The average Bonchev–Trinajstić information content (AvgIpc) is 3.66. The Morgan fingerprint density at radius 2 is 1.04 bits per heavy atom. The molecule has 2 aliphatic rings. The lowest BCUT2D eigenvalue weighted by atomic mass is 9.67. The number of anilines is 2. The maximum absolute atomic E-state index is 4.05. The molecule has 10 rings (SSSR count). The molecule has 0 bridgehead atoms. The highest BCUT2D eigenvalue weighted by Crippen LogP contribution is 2.59. The van der Waals surface area contributed by atoms with Gasteiger partial charge < -0.3 is 15.2 Å². The number of hydrogen-bond acceptors (Lipinski definition) is 2. The molecule has 8 aromatic rings. The van der Waals surface area contributed by atoms with Crippen molar-refractivity contribution >= 4 is 33.2 Å². The van der Waals surface area contributed by atoms with E-state index in [1.54, 1.807) is 0 Å². The average molecular weight is 616 g/mol. The van der Waals surface area contributed by atoms with Gasteiger partial charge in [-0.3, -0.25) is 0 Å². The Morgan fingerprint density at radius 1 is 0.458 bits per heavy atom. The summed E-state index contributed by atoms with van der Waals surface area (Å²) in [5.41, 5.74) is 13.2. The van der Waals surface area contributed by atoms with Gasteiger partial charge in [0.1, 0.15) is 6.17 Å². The fourth-order valence-electron chi connectivity index (χ4n) is 8.67. The van der Waals surface area contributed by atoms with Gasteiger partial charge in [-0.1, -0.05) is 158 Å². The standard InChI is InChI=1S/C45H33N3/c1-4-16-30(17-5-1)42-44(47-39-26-14-13-25-38(39)46-42)48-40-27-15-11-23-34(40)36-29-28-35-33-22-10-12-24-37(33)45(41(35)43(36)48,31-18-6-2-7-19-31)32-20-8-3-9-21-32/h1-29,42,44,46-47H. The van der Waals surface area contributed by atoms with Crippen LogP contribution in [0.15, 0.2) is 176 Å². The molecule has 7 aromatic carbocycles. The molecule has 48 heavy (non-hydrogen) atoms. The Hall–Kier alpha value is -6.06. The van der Waals surface area contributed by atoms with E-state index in [0.29, 0.717) is 0 Å². The van der Waals surface area contributed by atoms with Crippen molar-refractivity contribution in [2.75, 3.05) is 10.6 Å². The molecule has 2 unspecified atom stereocenters. The van der Waals surface area contributed by atoms with Crippen LogP contribution < -0.4 is 10.6 Å². The largest absolute Gasteiger partial charge is 0.373 e. The van der Waals surface area contributed by atoms with Crippen LogP contribution in [-0.2, 0) is 5.41 Å². The molecule has 1 aromatic heterocycles. The maximum Gasteiger partial charge on any atom is 0.129 e. The summed E-state index contributed by atoms with van der Waals surface area (Å²) in [4.78, 5) is 0. The van der Waals surface area contributed by atoms with Crippen molar-refractivity contribution in [1.82, 2.24) is 4.57 Å². The van der Waals surface area contributed by atoms with Gasteiger partial charge in [-0.2, -0.15) is 0 Å². The number of benzene rings is 7. The predicted octanol–water partition coefficient (Wildman–Crippen LogP) is 10.9. The second kappa shape index (κ2) is 10.5. The number of aromatic nitrogens is 1. The lowest BCUT2D eigenvalue weighted by Gasteiger charge is -2.39. The number of para-hydroxylation sites is 3. The van der Waals surface area contributed by atoms with Crippen LogP contribution in [0.4, 0.5) is 11.4 Å². The first-order chi connectivity index (χ1) is 23.8. The van der Waals surface area contributed by atoms with Crippen LogP contribution in [0.2, 0.25) is 0 Å². The van der Waals surface area contributed by atoms with Crippen molar-refractivity contribution in [2.45, 2.75) is 17.6 Å². The van der Waals surface area contributed by atoms with Crippen LogP contribution in [-0.4, -0.2) is 4.57 Å². The van der Waals surface area contributed by atoms with E-state index in [0.717, 1.165) is 11.4 Å². The first-order valence-electron chi connectivity index (χ1n) is 16.8. The van der Waals surface area contributed by atoms with Crippen molar-refractivity contribution in [3.63, 3.8) is 0 Å².